The van der Waals surface area contributed by atoms with E-state index in [0.717, 1.165) is 11.6 Å². The van der Waals surface area contributed by atoms with Gasteiger partial charge in [0.1, 0.15) is 11.5 Å². The second-order valence-electron chi connectivity index (χ2n) is 5.97. The summed E-state index contributed by atoms with van der Waals surface area (Å²) in [5.41, 5.74) is 0.394. The standard InChI is InChI=1S/C19H20F3NO3/c1-12(2)26-14-8-9-16(13(3)10-14)23-18(24)11-25-17-7-5-4-6-15(17)19(20,21)22/h4-10,12H,11H2,1-3H3,(H,23,24). The van der Waals surface area contributed by atoms with E-state index in [1.54, 1.807) is 25.1 Å². The first-order valence-electron chi connectivity index (χ1n) is 8.03. The number of ether oxygens (including phenoxy) is 2. The maximum absolute atomic E-state index is 12.9. The highest BCUT2D eigenvalue weighted by molar-refractivity contribution is 5.92. The Morgan fingerprint density at radius 3 is 2.46 bits per heavy atom. The number of halogens is 3. The van der Waals surface area contributed by atoms with Crippen molar-refractivity contribution in [3.63, 3.8) is 0 Å². The van der Waals surface area contributed by atoms with E-state index in [9.17, 15) is 18.0 Å². The number of para-hydroxylation sites is 1. The zero-order valence-electron chi connectivity index (χ0n) is 14.7. The lowest BCUT2D eigenvalue weighted by Gasteiger charge is -2.15. The van der Waals surface area contributed by atoms with Gasteiger partial charge in [-0.25, -0.2) is 0 Å². The molecule has 0 saturated heterocycles. The van der Waals surface area contributed by atoms with Gasteiger partial charge in [0.15, 0.2) is 6.61 Å². The van der Waals surface area contributed by atoms with Crippen molar-refractivity contribution >= 4 is 11.6 Å². The van der Waals surface area contributed by atoms with Gasteiger partial charge < -0.3 is 14.8 Å². The summed E-state index contributed by atoms with van der Waals surface area (Å²) in [6.45, 7) is 5.07. The normalized spacial score (nSPS) is 11.3. The number of nitrogens with one attached hydrogen (secondary N) is 1. The number of carbonyl (C=O) groups is 1. The molecule has 4 nitrogen and oxygen atoms in total. The number of rotatable bonds is 6. The minimum Gasteiger partial charge on any atom is -0.491 e. The Hall–Kier alpha value is -2.70. The molecule has 1 N–H and O–H groups in total. The average Bonchev–Trinajstić information content (AvgIpc) is 2.54. The smallest absolute Gasteiger partial charge is 0.419 e. The van der Waals surface area contributed by atoms with Crippen LogP contribution < -0.4 is 14.8 Å². The molecule has 0 unspecified atom stereocenters. The third-order valence-electron chi connectivity index (χ3n) is 3.39. The van der Waals surface area contributed by atoms with Gasteiger partial charge in [-0.1, -0.05) is 12.1 Å². The van der Waals surface area contributed by atoms with Gasteiger partial charge in [0.25, 0.3) is 5.91 Å². The van der Waals surface area contributed by atoms with Gasteiger partial charge in [0.05, 0.1) is 11.7 Å². The van der Waals surface area contributed by atoms with Gasteiger partial charge in [0.2, 0.25) is 0 Å². The van der Waals surface area contributed by atoms with Crippen molar-refractivity contribution in [3.05, 3.63) is 53.6 Å². The number of benzene rings is 2. The molecule has 0 heterocycles. The van der Waals surface area contributed by atoms with Crippen LogP contribution in [0.15, 0.2) is 42.5 Å². The van der Waals surface area contributed by atoms with Crippen LogP contribution in [0.4, 0.5) is 18.9 Å². The molecule has 26 heavy (non-hydrogen) atoms. The van der Waals surface area contributed by atoms with E-state index in [4.69, 9.17) is 9.47 Å². The van der Waals surface area contributed by atoms with Crippen LogP contribution in [0.25, 0.3) is 0 Å². The molecule has 0 atom stereocenters. The molecular formula is C19H20F3NO3. The summed E-state index contributed by atoms with van der Waals surface area (Å²) in [6.07, 6.45) is -4.52. The van der Waals surface area contributed by atoms with E-state index in [-0.39, 0.29) is 11.9 Å². The fourth-order valence-electron chi connectivity index (χ4n) is 2.28. The van der Waals surface area contributed by atoms with Crippen LogP contribution in [0, 0.1) is 6.92 Å². The summed E-state index contributed by atoms with van der Waals surface area (Å²) in [5, 5.41) is 2.62. The Bertz CT molecular complexity index is 773. The lowest BCUT2D eigenvalue weighted by molar-refractivity contribution is -0.139. The summed E-state index contributed by atoms with van der Waals surface area (Å²) in [6, 6.07) is 9.93. The molecule has 2 rings (SSSR count). The van der Waals surface area contributed by atoms with Crippen LogP contribution in [0.1, 0.15) is 25.0 Å². The summed E-state index contributed by atoms with van der Waals surface area (Å²) in [4.78, 5) is 12.0. The van der Waals surface area contributed by atoms with Crippen molar-refractivity contribution in [3.8, 4) is 11.5 Å². The van der Waals surface area contributed by atoms with Crippen molar-refractivity contribution in [1.82, 2.24) is 0 Å². The van der Waals surface area contributed by atoms with E-state index in [2.05, 4.69) is 5.32 Å². The Balaban J connectivity index is 2.00. The first-order valence-corrected chi connectivity index (χ1v) is 8.03. The van der Waals surface area contributed by atoms with Gasteiger partial charge in [-0.3, -0.25) is 4.79 Å². The summed E-state index contributed by atoms with van der Waals surface area (Å²) < 4.78 is 49.3. The summed E-state index contributed by atoms with van der Waals surface area (Å²) in [5.74, 6) is -0.263. The van der Waals surface area contributed by atoms with E-state index >= 15 is 0 Å². The largest absolute Gasteiger partial charge is 0.491 e. The van der Waals surface area contributed by atoms with Crippen molar-refractivity contribution in [2.45, 2.75) is 33.1 Å². The number of hydrogen-bond donors (Lipinski definition) is 1. The number of alkyl halides is 3. The highest BCUT2D eigenvalue weighted by Gasteiger charge is 2.34. The topological polar surface area (TPSA) is 47.6 Å². The molecule has 0 aliphatic heterocycles. The molecule has 140 valence electrons. The Labute approximate surface area is 149 Å². The van der Waals surface area contributed by atoms with Crippen LogP contribution in [-0.2, 0) is 11.0 Å². The lowest BCUT2D eigenvalue weighted by Crippen LogP contribution is -2.21. The van der Waals surface area contributed by atoms with E-state index in [0.29, 0.717) is 11.4 Å². The first-order chi connectivity index (χ1) is 12.2. The van der Waals surface area contributed by atoms with Crippen molar-refractivity contribution in [1.29, 1.82) is 0 Å². The van der Waals surface area contributed by atoms with Gasteiger partial charge in [-0.15, -0.1) is 0 Å². The van der Waals surface area contributed by atoms with Crippen LogP contribution in [-0.4, -0.2) is 18.6 Å². The molecule has 1 amide bonds. The van der Waals surface area contributed by atoms with E-state index in [1.165, 1.54) is 18.2 Å². The number of aryl methyl sites for hydroxylation is 1. The Kier molecular flexibility index (Phi) is 6.13. The van der Waals surface area contributed by atoms with Crippen molar-refractivity contribution in [2.75, 3.05) is 11.9 Å². The first kappa shape index (κ1) is 19.6. The monoisotopic (exact) mass is 367 g/mol. The van der Waals surface area contributed by atoms with Gasteiger partial charge >= 0.3 is 6.18 Å². The SMILES string of the molecule is Cc1cc(OC(C)C)ccc1NC(=O)COc1ccccc1C(F)(F)F. The van der Waals surface area contributed by atoms with Gasteiger partial charge in [-0.05, 0) is 56.7 Å². The van der Waals surface area contributed by atoms with Crippen LogP contribution in [0.3, 0.4) is 0 Å². The number of carbonyl (C=O) groups excluding carboxylic acids is 1. The molecule has 0 aliphatic carbocycles. The highest BCUT2D eigenvalue weighted by Crippen LogP contribution is 2.35. The minimum atomic E-state index is -4.55. The minimum absolute atomic E-state index is 0.0249. The Morgan fingerprint density at radius 2 is 1.85 bits per heavy atom. The lowest BCUT2D eigenvalue weighted by atomic mass is 10.2. The molecule has 0 fully saturated rings. The predicted octanol–water partition coefficient (Wildman–Crippen LogP) is 4.82. The van der Waals surface area contributed by atoms with Crippen molar-refractivity contribution < 1.29 is 27.4 Å². The van der Waals surface area contributed by atoms with E-state index < -0.39 is 24.3 Å². The summed E-state index contributed by atoms with van der Waals surface area (Å²) in [7, 11) is 0. The second-order valence-corrected chi connectivity index (χ2v) is 5.97. The van der Waals surface area contributed by atoms with Gasteiger partial charge in [0, 0.05) is 5.69 Å². The fourth-order valence-corrected chi connectivity index (χ4v) is 2.28. The van der Waals surface area contributed by atoms with E-state index in [1.807, 2.05) is 13.8 Å². The molecule has 0 radical (unpaired) electrons. The second kappa shape index (κ2) is 8.12. The number of amides is 1. The third-order valence-corrected chi connectivity index (χ3v) is 3.39. The molecule has 2 aromatic carbocycles. The molecule has 0 aliphatic rings. The maximum atomic E-state index is 12.9. The van der Waals surface area contributed by atoms with Gasteiger partial charge in [-0.2, -0.15) is 13.2 Å². The number of anilines is 1. The molecule has 0 bridgehead atoms. The molecule has 0 saturated carbocycles. The predicted molar refractivity (Wildman–Crippen MR) is 92.5 cm³/mol. The zero-order valence-corrected chi connectivity index (χ0v) is 14.7. The van der Waals surface area contributed by atoms with Crippen LogP contribution in [0.5, 0.6) is 11.5 Å². The molecule has 7 heteroatoms. The molecule has 2 aromatic rings. The average molecular weight is 367 g/mol. The molecule has 0 aromatic heterocycles. The van der Waals surface area contributed by atoms with Crippen LogP contribution in [0.2, 0.25) is 0 Å². The number of hydrogen-bond acceptors (Lipinski definition) is 3. The zero-order chi connectivity index (χ0) is 19.3. The molecule has 0 spiro atoms. The third kappa shape index (κ3) is 5.40. The quantitative estimate of drug-likeness (QED) is 0.796. The fraction of sp³-hybridized carbons (Fsp3) is 0.316. The molecular weight excluding hydrogens is 347 g/mol. The van der Waals surface area contributed by atoms with Crippen LogP contribution >= 0.6 is 0 Å². The summed E-state index contributed by atoms with van der Waals surface area (Å²) >= 11 is 0. The Morgan fingerprint density at radius 1 is 1.15 bits per heavy atom. The highest BCUT2D eigenvalue weighted by atomic mass is 19.4. The van der Waals surface area contributed by atoms with Crippen molar-refractivity contribution in [2.24, 2.45) is 0 Å². The maximum Gasteiger partial charge on any atom is 0.419 e.